The molecule has 104 valence electrons. The molecule has 4 rings (SSSR count). The minimum atomic E-state index is -2.76. The normalized spacial score (nSPS) is 29.5. The van der Waals surface area contributed by atoms with Crippen LogP contribution in [0, 0.1) is 5.92 Å². The molecule has 3 saturated heterocycles. The zero-order valence-electron chi connectivity index (χ0n) is 10.7. The van der Waals surface area contributed by atoms with Crippen LogP contribution in [-0.4, -0.2) is 37.2 Å². The van der Waals surface area contributed by atoms with E-state index < -0.39 is 6.61 Å². The number of anilines is 1. The number of ether oxygens (including phenoxy) is 1. The molecule has 0 amide bonds. The number of alkyl halides is 2. The third-order valence-electron chi connectivity index (χ3n) is 4.09. The molecule has 5 heteroatoms. The summed E-state index contributed by atoms with van der Waals surface area (Å²) >= 11 is 0. The van der Waals surface area contributed by atoms with Crippen LogP contribution in [0.3, 0.4) is 0 Å². The molecule has 1 unspecified atom stereocenters. The number of rotatable bonds is 4. The summed E-state index contributed by atoms with van der Waals surface area (Å²) in [5.74, 6) is 0.941. The van der Waals surface area contributed by atoms with Crippen LogP contribution in [0.4, 0.5) is 14.5 Å². The Labute approximate surface area is 111 Å². The fourth-order valence-electron chi connectivity index (χ4n) is 3.08. The van der Waals surface area contributed by atoms with Crippen LogP contribution in [0.1, 0.15) is 12.8 Å². The van der Waals surface area contributed by atoms with Crippen molar-refractivity contribution in [2.24, 2.45) is 5.92 Å². The van der Waals surface area contributed by atoms with Crippen LogP contribution in [0.15, 0.2) is 24.3 Å². The van der Waals surface area contributed by atoms with E-state index in [1.165, 1.54) is 25.9 Å². The first-order valence-electron chi connectivity index (χ1n) is 6.74. The number of halogens is 2. The van der Waals surface area contributed by atoms with E-state index in [0.29, 0.717) is 6.04 Å². The molecule has 1 N–H and O–H groups in total. The topological polar surface area (TPSA) is 24.5 Å². The Kier molecular flexibility index (Phi) is 3.55. The van der Waals surface area contributed by atoms with Gasteiger partial charge in [0, 0.05) is 18.3 Å². The quantitative estimate of drug-likeness (QED) is 0.908. The van der Waals surface area contributed by atoms with Crippen molar-refractivity contribution in [3.05, 3.63) is 24.3 Å². The Morgan fingerprint density at radius 2 is 1.84 bits per heavy atom. The fraction of sp³-hybridized carbons (Fsp3) is 0.571. The van der Waals surface area contributed by atoms with Gasteiger partial charge in [-0.3, -0.25) is 0 Å². The summed E-state index contributed by atoms with van der Waals surface area (Å²) in [5, 5.41) is 3.51. The highest BCUT2D eigenvalue weighted by molar-refractivity contribution is 5.47. The van der Waals surface area contributed by atoms with Gasteiger partial charge in [-0.25, -0.2) is 0 Å². The van der Waals surface area contributed by atoms with Crippen molar-refractivity contribution >= 4 is 5.69 Å². The first-order valence-corrected chi connectivity index (χ1v) is 6.74. The molecule has 0 spiro atoms. The van der Waals surface area contributed by atoms with Crippen molar-refractivity contribution in [3.8, 4) is 5.75 Å². The van der Waals surface area contributed by atoms with E-state index in [1.54, 1.807) is 24.3 Å². The van der Waals surface area contributed by atoms with Crippen LogP contribution < -0.4 is 10.1 Å². The predicted molar refractivity (Wildman–Crippen MR) is 69.6 cm³/mol. The number of benzene rings is 1. The van der Waals surface area contributed by atoms with Gasteiger partial charge in [-0.1, -0.05) is 0 Å². The lowest BCUT2D eigenvalue weighted by Crippen LogP contribution is -2.53. The van der Waals surface area contributed by atoms with Gasteiger partial charge < -0.3 is 15.0 Å². The van der Waals surface area contributed by atoms with Gasteiger partial charge >= 0.3 is 6.61 Å². The maximum Gasteiger partial charge on any atom is 0.387 e. The number of nitrogens with zero attached hydrogens (tertiary/aromatic N) is 1. The molecule has 19 heavy (non-hydrogen) atoms. The van der Waals surface area contributed by atoms with Crippen LogP contribution in [0.25, 0.3) is 0 Å². The lowest BCUT2D eigenvalue weighted by molar-refractivity contribution is -0.0498. The summed E-state index contributed by atoms with van der Waals surface area (Å²) in [6.45, 7) is 0.745. The Bertz CT molecular complexity index is 416. The number of nitrogens with one attached hydrogen (secondary N) is 1. The minimum absolute atomic E-state index is 0.203. The van der Waals surface area contributed by atoms with Crippen LogP contribution in [-0.2, 0) is 0 Å². The highest BCUT2D eigenvalue weighted by Crippen LogP contribution is 2.30. The van der Waals surface area contributed by atoms with E-state index in [2.05, 4.69) is 15.0 Å². The van der Waals surface area contributed by atoms with E-state index in [4.69, 9.17) is 0 Å². The first kappa shape index (κ1) is 12.7. The van der Waals surface area contributed by atoms with E-state index in [0.717, 1.165) is 18.2 Å². The van der Waals surface area contributed by atoms with Gasteiger partial charge in [0.2, 0.25) is 0 Å². The second-order valence-electron chi connectivity index (χ2n) is 5.29. The average Bonchev–Trinajstić information content (AvgIpc) is 2.42. The molecule has 1 aromatic carbocycles. The SMILES string of the molecule is FC(F)Oc1ccc(NC2CN3CCC2CC3)cc1. The molecule has 0 radical (unpaired) electrons. The Hall–Kier alpha value is -1.36. The molecule has 0 aromatic heterocycles. The van der Waals surface area contributed by atoms with Crippen LogP contribution >= 0.6 is 0 Å². The zero-order valence-corrected chi connectivity index (χ0v) is 10.7. The van der Waals surface area contributed by atoms with Gasteiger partial charge in [-0.15, -0.1) is 0 Å². The van der Waals surface area contributed by atoms with Crippen molar-refractivity contribution in [2.45, 2.75) is 25.5 Å². The maximum atomic E-state index is 12.1. The molecule has 0 aliphatic carbocycles. The molecule has 3 fully saturated rings. The lowest BCUT2D eigenvalue weighted by Gasteiger charge is -2.45. The van der Waals surface area contributed by atoms with Crippen molar-refractivity contribution in [1.29, 1.82) is 0 Å². The zero-order chi connectivity index (χ0) is 13.2. The highest BCUT2D eigenvalue weighted by atomic mass is 19.3. The second-order valence-corrected chi connectivity index (χ2v) is 5.29. The van der Waals surface area contributed by atoms with Crippen molar-refractivity contribution < 1.29 is 13.5 Å². The monoisotopic (exact) mass is 268 g/mol. The predicted octanol–water partition coefficient (Wildman–Crippen LogP) is 2.79. The maximum absolute atomic E-state index is 12.1. The standard InChI is InChI=1S/C14H18F2N2O/c15-14(16)19-12-3-1-11(2-4-12)17-13-9-18-7-5-10(13)6-8-18/h1-4,10,13-14,17H,5-9H2. The fourth-order valence-corrected chi connectivity index (χ4v) is 3.08. The van der Waals surface area contributed by atoms with Gasteiger partial charge in [-0.05, 0) is 56.1 Å². The van der Waals surface area contributed by atoms with E-state index in [9.17, 15) is 8.78 Å². The summed E-state index contributed by atoms with van der Waals surface area (Å²) in [5.41, 5.74) is 0.973. The van der Waals surface area contributed by atoms with Gasteiger partial charge in [0.05, 0.1) is 0 Å². The van der Waals surface area contributed by atoms with Crippen molar-refractivity contribution in [1.82, 2.24) is 4.90 Å². The second kappa shape index (κ2) is 5.33. The summed E-state index contributed by atoms with van der Waals surface area (Å²) < 4.78 is 28.4. The molecular formula is C14H18F2N2O. The van der Waals surface area contributed by atoms with Crippen LogP contribution in [0.5, 0.6) is 5.75 Å². The Morgan fingerprint density at radius 3 is 2.37 bits per heavy atom. The summed E-state index contributed by atoms with van der Waals surface area (Å²) in [6, 6.07) is 7.24. The minimum Gasteiger partial charge on any atom is -0.435 e. The molecule has 3 aliphatic rings. The summed E-state index contributed by atoms with van der Waals surface area (Å²) in [4.78, 5) is 2.48. The van der Waals surface area contributed by atoms with E-state index >= 15 is 0 Å². The number of fused-ring (bicyclic) bond motifs is 3. The molecule has 3 heterocycles. The van der Waals surface area contributed by atoms with E-state index in [-0.39, 0.29) is 5.75 Å². The lowest BCUT2D eigenvalue weighted by atomic mass is 9.84. The third-order valence-corrected chi connectivity index (χ3v) is 4.09. The van der Waals surface area contributed by atoms with Gasteiger partial charge in [-0.2, -0.15) is 8.78 Å². The largest absolute Gasteiger partial charge is 0.435 e. The highest BCUT2D eigenvalue weighted by Gasteiger charge is 2.33. The molecule has 1 atom stereocenters. The Morgan fingerprint density at radius 1 is 1.16 bits per heavy atom. The molecular weight excluding hydrogens is 250 g/mol. The van der Waals surface area contributed by atoms with Crippen molar-refractivity contribution in [2.75, 3.05) is 25.0 Å². The molecule has 3 nitrogen and oxygen atoms in total. The van der Waals surface area contributed by atoms with E-state index in [1.807, 2.05) is 0 Å². The number of hydrogen-bond donors (Lipinski definition) is 1. The van der Waals surface area contributed by atoms with Crippen LogP contribution in [0.2, 0.25) is 0 Å². The molecule has 2 bridgehead atoms. The molecule has 0 saturated carbocycles. The average molecular weight is 268 g/mol. The van der Waals surface area contributed by atoms with Crippen molar-refractivity contribution in [3.63, 3.8) is 0 Å². The number of piperidine rings is 3. The van der Waals surface area contributed by atoms with Gasteiger partial charge in [0.15, 0.2) is 0 Å². The van der Waals surface area contributed by atoms with Gasteiger partial charge in [0.25, 0.3) is 0 Å². The van der Waals surface area contributed by atoms with Gasteiger partial charge in [0.1, 0.15) is 5.75 Å². The summed E-state index contributed by atoms with van der Waals surface area (Å²) in [6.07, 6.45) is 2.51. The first-order chi connectivity index (χ1) is 9.20. The molecule has 1 aromatic rings. The Balaban J connectivity index is 1.60. The third kappa shape index (κ3) is 2.97. The summed E-state index contributed by atoms with van der Waals surface area (Å²) in [7, 11) is 0. The molecule has 3 aliphatic heterocycles. The smallest absolute Gasteiger partial charge is 0.387 e. The number of hydrogen-bond acceptors (Lipinski definition) is 3.